The standard InChI is InChI=1S/C18H23N3O4S/c1-4-19-17(22)9-24-15-7-5-14(6-8-15)20-18(23)11-26-10-16-12(2)21-25-13(16)3/h5-8H,4,9-11H2,1-3H3,(H,19,22)(H,20,23). The van der Waals surface area contributed by atoms with Gasteiger partial charge in [-0.1, -0.05) is 5.16 Å². The minimum Gasteiger partial charge on any atom is -0.484 e. The third-order valence-electron chi connectivity index (χ3n) is 3.54. The van der Waals surface area contributed by atoms with Crippen LogP contribution in [0.5, 0.6) is 5.75 Å². The van der Waals surface area contributed by atoms with Gasteiger partial charge in [0, 0.05) is 23.5 Å². The van der Waals surface area contributed by atoms with Gasteiger partial charge in [0.15, 0.2) is 6.61 Å². The first-order chi connectivity index (χ1) is 12.5. The van der Waals surface area contributed by atoms with Crippen LogP contribution in [0.15, 0.2) is 28.8 Å². The zero-order chi connectivity index (χ0) is 18.9. The van der Waals surface area contributed by atoms with Crippen LogP contribution in [-0.2, 0) is 15.3 Å². The van der Waals surface area contributed by atoms with Gasteiger partial charge >= 0.3 is 0 Å². The van der Waals surface area contributed by atoms with E-state index in [1.165, 1.54) is 11.8 Å². The lowest BCUT2D eigenvalue weighted by Crippen LogP contribution is -2.28. The Morgan fingerprint density at radius 2 is 1.92 bits per heavy atom. The highest BCUT2D eigenvalue weighted by molar-refractivity contribution is 7.99. The molecular formula is C18H23N3O4S. The molecule has 0 bridgehead atoms. The molecule has 0 unspecified atom stereocenters. The largest absolute Gasteiger partial charge is 0.484 e. The maximum absolute atomic E-state index is 12.0. The zero-order valence-electron chi connectivity index (χ0n) is 15.1. The molecule has 2 rings (SSSR count). The van der Waals surface area contributed by atoms with Gasteiger partial charge in [-0.25, -0.2) is 0 Å². The van der Waals surface area contributed by atoms with Crippen molar-refractivity contribution in [3.63, 3.8) is 0 Å². The Morgan fingerprint density at radius 1 is 1.19 bits per heavy atom. The smallest absolute Gasteiger partial charge is 0.257 e. The fraction of sp³-hybridized carbons (Fsp3) is 0.389. The summed E-state index contributed by atoms with van der Waals surface area (Å²) >= 11 is 1.50. The molecule has 0 fully saturated rings. The van der Waals surface area contributed by atoms with Crippen molar-refractivity contribution in [1.29, 1.82) is 0 Å². The van der Waals surface area contributed by atoms with Crippen LogP contribution >= 0.6 is 11.8 Å². The lowest BCUT2D eigenvalue weighted by atomic mass is 10.2. The van der Waals surface area contributed by atoms with E-state index >= 15 is 0 Å². The van der Waals surface area contributed by atoms with Crippen molar-refractivity contribution in [2.24, 2.45) is 0 Å². The van der Waals surface area contributed by atoms with Crippen LogP contribution in [0.4, 0.5) is 5.69 Å². The maximum atomic E-state index is 12.0. The van der Waals surface area contributed by atoms with E-state index in [0.717, 1.165) is 17.0 Å². The number of hydrogen-bond donors (Lipinski definition) is 2. The van der Waals surface area contributed by atoms with Gasteiger partial charge in [0.1, 0.15) is 11.5 Å². The summed E-state index contributed by atoms with van der Waals surface area (Å²) in [6, 6.07) is 6.91. The number of rotatable bonds is 9. The Hall–Kier alpha value is -2.48. The lowest BCUT2D eigenvalue weighted by molar-refractivity contribution is -0.123. The molecule has 2 aromatic rings. The second-order valence-corrected chi connectivity index (χ2v) is 6.60. The van der Waals surface area contributed by atoms with Gasteiger partial charge in [0.05, 0.1) is 11.4 Å². The van der Waals surface area contributed by atoms with Crippen molar-refractivity contribution < 1.29 is 18.8 Å². The van der Waals surface area contributed by atoms with Gasteiger partial charge in [0.25, 0.3) is 5.91 Å². The molecule has 8 heteroatoms. The van der Waals surface area contributed by atoms with Crippen LogP contribution in [0.1, 0.15) is 23.9 Å². The molecule has 0 saturated heterocycles. The summed E-state index contributed by atoms with van der Waals surface area (Å²) in [6.45, 7) is 6.15. The summed E-state index contributed by atoms with van der Waals surface area (Å²) in [5.41, 5.74) is 2.58. The Morgan fingerprint density at radius 3 is 2.54 bits per heavy atom. The molecule has 0 aliphatic rings. The highest BCUT2D eigenvalue weighted by Gasteiger charge is 2.10. The Kier molecular flexibility index (Phi) is 7.53. The first-order valence-corrected chi connectivity index (χ1v) is 9.44. The molecule has 0 atom stereocenters. The number of thioether (sulfide) groups is 1. The molecular weight excluding hydrogens is 354 g/mol. The normalized spacial score (nSPS) is 10.4. The number of carbonyl (C=O) groups excluding carboxylic acids is 2. The van der Waals surface area contributed by atoms with E-state index in [2.05, 4.69) is 15.8 Å². The summed E-state index contributed by atoms with van der Waals surface area (Å²) < 4.78 is 10.5. The third-order valence-corrected chi connectivity index (χ3v) is 4.50. The molecule has 0 saturated carbocycles. The number of nitrogens with one attached hydrogen (secondary N) is 2. The summed E-state index contributed by atoms with van der Waals surface area (Å²) in [7, 11) is 0. The number of nitrogens with zero attached hydrogens (tertiary/aromatic N) is 1. The number of carbonyl (C=O) groups is 2. The summed E-state index contributed by atoms with van der Waals surface area (Å²) in [5, 5.41) is 9.39. The van der Waals surface area contributed by atoms with E-state index in [1.807, 2.05) is 20.8 Å². The average Bonchev–Trinajstić information content (AvgIpc) is 2.93. The molecule has 1 heterocycles. The van der Waals surface area contributed by atoms with Crippen molar-refractivity contribution in [2.45, 2.75) is 26.5 Å². The molecule has 2 amide bonds. The monoisotopic (exact) mass is 377 g/mol. The maximum Gasteiger partial charge on any atom is 0.257 e. The highest BCUT2D eigenvalue weighted by Crippen LogP contribution is 2.20. The van der Waals surface area contributed by atoms with Gasteiger partial charge in [-0.2, -0.15) is 0 Å². The lowest BCUT2D eigenvalue weighted by Gasteiger charge is -2.08. The Labute approximate surface area is 156 Å². The van der Waals surface area contributed by atoms with Crippen molar-refractivity contribution >= 4 is 29.3 Å². The van der Waals surface area contributed by atoms with E-state index < -0.39 is 0 Å². The molecule has 7 nitrogen and oxygen atoms in total. The molecule has 26 heavy (non-hydrogen) atoms. The minimum absolute atomic E-state index is 0.0299. The fourth-order valence-electron chi connectivity index (χ4n) is 2.18. The molecule has 0 radical (unpaired) electrons. The Balaban J connectivity index is 1.74. The fourth-order valence-corrected chi connectivity index (χ4v) is 3.16. The van der Waals surface area contributed by atoms with Gasteiger partial charge in [0.2, 0.25) is 5.91 Å². The predicted molar refractivity (Wildman–Crippen MR) is 101 cm³/mol. The first-order valence-electron chi connectivity index (χ1n) is 8.28. The van der Waals surface area contributed by atoms with Crippen LogP contribution in [0.2, 0.25) is 0 Å². The van der Waals surface area contributed by atoms with Gasteiger partial charge in [-0.05, 0) is 45.0 Å². The number of aromatic nitrogens is 1. The minimum atomic E-state index is -0.166. The summed E-state index contributed by atoms with van der Waals surface area (Å²) in [4.78, 5) is 23.4. The van der Waals surface area contributed by atoms with Gasteiger partial charge in [-0.15, -0.1) is 11.8 Å². The quantitative estimate of drug-likeness (QED) is 0.698. The van der Waals surface area contributed by atoms with Crippen LogP contribution in [0.25, 0.3) is 0 Å². The molecule has 1 aromatic heterocycles. The van der Waals surface area contributed by atoms with Crippen LogP contribution in [-0.4, -0.2) is 35.9 Å². The average molecular weight is 377 g/mol. The van der Waals surface area contributed by atoms with Gasteiger partial charge < -0.3 is 19.9 Å². The number of amides is 2. The van der Waals surface area contributed by atoms with E-state index in [4.69, 9.17) is 9.26 Å². The van der Waals surface area contributed by atoms with Crippen molar-refractivity contribution in [2.75, 3.05) is 24.2 Å². The number of likely N-dealkylation sites (N-methyl/N-ethyl adjacent to an activating group) is 1. The van der Waals surface area contributed by atoms with Crippen LogP contribution in [0.3, 0.4) is 0 Å². The summed E-state index contributed by atoms with van der Waals surface area (Å²) in [5.74, 6) is 2.12. The third kappa shape index (κ3) is 6.11. The topological polar surface area (TPSA) is 93.5 Å². The number of anilines is 1. The molecule has 0 aliphatic carbocycles. The zero-order valence-corrected chi connectivity index (χ0v) is 15.9. The molecule has 0 aliphatic heterocycles. The van der Waals surface area contributed by atoms with Crippen molar-refractivity contribution in [1.82, 2.24) is 10.5 Å². The van der Waals surface area contributed by atoms with Gasteiger partial charge in [-0.3, -0.25) is 9.59 Å². The van der Waals surface area contributed by atoms with E-state index in [-0.39, 0.29) is 18.4 Å². The summed E-state index contributed by atoms with van der Waals surface area (Å²) in [6.07, 6.45) is 0. The number of benzene rings is 1. The SMILES string of the molecule is CCNC(=O)COc1ccc(NC(=O)CSCc2c(C)noc2C)cc1. The highest BCUT2D eigenvalue weighted by atomic mass is 32.2. The van der Waals surface area contributed by atoms with E-state index in [9.17, 15) is 9.59 Å². The molecule has 140 valence electrons. The Bertz CT molecular complexity index is 724. The first kappa shape index (κ1) is 19.8. The number of ether oxygens (including phenoxy) is 1. The van der Waals surface area contributed by atoms with Crippen LogP contribution in [0, 0.1) is 13.8 Å². The second kappa shape index (κ2) is 9.86. The number of hydrogen-bond acceptors (Lipinski definition) is 6. The predicted octanol–water partition coefficient (Wildman–Crippen LogP) is 2.68. The van der Waals surface area contributed by atoms with E-state index in [1.54, 1.807) is 24.3 Å². The van der Waals surface area contributed by atoms with E-state index in [0.29, 0.717) is 29.5 Å². The second-order valence-electron chi connectivity index (χ2n) is 5.61. The van der Waals surface area contributed by atoms with Crippen LogP contribution < -0.4 is 15.4 Å². The molecule has 0 spiro atoms. The van der Waals surface area contributed by atoms with Crippen molar-refractivity contribution in [3.8, 4) is 5.75 Å². The molecule has 2 N–H and O–H groups in total. The number of aryl methyl sites for hydroxylation is 2. The molecule has 1 aromatic carbocycles. The van der Waals surface area contributed by atoms with Crippen molar-refractivity contribution in [3.05, 3.63) is 41.3 Å².